The van der Waals surface area contributed by atoms with Gasteiger partial charge in [0, 0.05) is 18.4 Å². The summed E-state index contributed by atoms with van der Waals surface area (Å²) >= 11 is 0. The molecule has 0 aliphatic carbocycles. The van der Waals surface area contributed by atoms with E-state index in [0.717, 1.165) is 22.2 Å². The lowest BCUT2D eigenvalue weighted by molar-refractivity contribution is -0.150. The van der Waals surface area contributed by atoms with Crippen LogP contribution in [0.3, 0.4) is 0 Å². The Bertz CT molecular complexity index is 954. The maximum Gasteiger partial charge on any atom is 0.321 e. The zero-order chi connectivity index (χ0) is 20.1. The number of nitrogens with zero attached hydrogens (tertiary/aromatic N) is 1. The number of nitrogens with one attached hydrogen (secondary N) is 1. The predicted octanol–water partition coefficient (Wildman–Crippen LogP) is 4.94. The van der Waals surface area contributed by atoms with E-state index in [-0.39, 0.29) is 18.1 Å². The summed E-state index contributed by atoms with van der Waals surface area (Å²) in [4.78, 5) is 20.3. The maximum absolute atomic E-state index is 10.9. The molecular formula is C22H24N2O4. The molecule has 146 valence electrons. The number of rotatable bonds is 7. The van der Waals surface area contributed by atoms with E-state index in [2.05, 4.69) is 10.5 Å². The number of carbonyl (C=O) groups is 1. The molecule has 0 fully saturated rings. The summed E-state index contributed by atoms with van der Waals surface area (Å²) in [6.45, 7) is 7.25. The monoisotopic (exact) mass is 380 g/mol. The number of hydrogen-bond acceptors (Lipinski definition) is 6. The van der Waals surface area contributed by atoms with Crippen molar-refractivity contribution < 1.29 is 19.1 Å². The summed E-state index contributed by atoms with van der Waals surface area (Å²) < 4.78 is 11.5. The average molecular weight is 380 g/mol. The van der Waals surface area contributed by atoms with Gasteiger partial charge in [-0.25, -0.2) is 4.98 Å². The summed E-state index contributed by atoms with van der Waals surface area (Å²) in [7, 11) is 0. The molecule has 0 amide bonds. The number of ether oxygens (including phenoxy) is 2. The Balaban J connectivity index is 1.72. The van der Waals surface area contributed by atoms with Crippen LogP contribution in [0.5, 0.6) is 17.4 Å². The van der Waals surface area contributed by atoms with Gasteiger partial charge in [-0.3, -0.25) is 4.79 Å². The van der Waals surface area contributed by atoms with E-state index in [1.54, 1.807) is 0 Å². The van der Waals surface area contributed by atoms with E-state index < -0.39 is 0 Å². The number of hydrogen-bond donors (Lipinski definition) is 1. The number of benzene rings is 2. The molecular weight excluding hydrogens is 356 g/mol. The van der Waals surface area contributed by atoms with Crippen molar-refractivity contribution in [2.45, 2.75) is 39.8 Å². The molecule has 1 aromatic heterocycles. The van der Waals surface area contributed by atoms with E-state index in [1.165, 1.54) is 6.92 Å². The molecule has 1 atom stereocenters. The van der Waals surface area contributed by atoms with Crippen LogP contribution in [0.25, 0.3) is 10.9 Å². The van der Waals surface area contributed by atoms with Crippen LogP contribution in [0.1, 0.15) is 39.3 Å². The fourth-order valence-electron chi connectivity index (χ4n) is 2.67. The first-order valence-corrected chi connectivity index (χ1v) is 9.19. The van der Waals surface area contributed by atoms with Gasteiger partial charge in [-0.2, -0.15) is 0 Å². The third-order valence-corrected chi connectivity index (χ3v) is 3.99. The lowest BCUT2D eigenvalue weighted by atomic mass is 10.1. The van der Waals surface area contributed by atoms with Gasteiger partial charge in [-0.15, -0.1) is 5.48 Å². The van der Waals surface area contributed by atoms with Crippen LogP contribution >= 0.6 is 0 Å². The molecule has 2 aromatic carbocycles. The number of fused-ring (bicyclic) bond motifs is 1. The molecule has 3 rings (SSSR count). The van der Waals surface area contributed by atoms with Gasteiger partial charge in [-0.05, 0) is 68.8 Å². The SMILES string of the molecule is CC(=O)ONC(C)c1ccc2nc(Oc3ccc(OC(C)C)cc3)ccc2c1. The second-order valence-corrected chi connectivity index (χ2v) is 6.77. The van der Waals surface area contributed by atoms with Crippen molar-refractivity contribution in [3.8, 4) is 17.4 Å². The highest BCUT2D eigenvalue weighted by molar-refractivity contribution is 5.80. The van der Waals surface area contributed by atoms with E-state index in [9.17, 15) is 4.79 Å². The fourth-order valence-corrected chi connectivity index (χ4v) is 2.67. The standard InChI is InChI=1S/C22H24N2O4/c1-14(2)26-19-7-9-20(10-8-19)27-22-12-6-18-13-17(5-11-21(18)23-22)15(3)24-28-16(4)25/h5-15,24H,1-4H3. The van der Waals surface area contributed by atoms with Gasteiger partial charge in [-0.1, -0.05) is 6.07 Å². The molecule has 0 radical (unpaired) electrons. The number of aromatic nitrogens is 1. The van der Waals surface area contributed by atoms with Crippen molar-refractivity contribution in [3.05, 3.63) is 60.2 Å². The van der Waals surface area contributed by atoms with E-state index in [1.807, 2.05) is 75.4 Å². The topological polar surface area (TPSA) is 69.7 Å². The highest BCUT2D eigenvalue weighted by Gasteiger charge is 2.09. The molecule has 1 unspecified atom stereocenters. The quantitative estimate of drug-likeness (QED) is 0.585. The molecule has 1 heterocycles. The number of carbonyl (C=O) groups excluding carboxylic acids is 1. The Morgan fingerprint density at radius 1 is 0.964 bits per heavy atom. The largest absolute Gasteiger partial charge is 0.491 e. The summed E-state index contributed by atoms with van der Waals surface area (Å²) in [5.74, 6) is 1.64. The second-order valence-electron chi connectivity index (χ2n) is 6.77. The van der Waals surface area contributed by atoms with Crippen LogP contribution in [0.4, 0.5) is 0 Å². The van der Waals surface area contributed by atoms with Gasteiger partial charge < -0.3 is 14.3 Å². The van der Waals surface area contributed by atoms with Crippen molar-refractivity contribution in [2.75, 3.05) is 0 Å². The molecule has 3 aromatic rings. The molecule has 0 spiro atoms. The summed E-state index contributed by atoms with van der Waals surface area (Å²) in [6.07, 6.45) is 0.130. The lowest BCUT2D eigenvalue weighted by Gasteiger charge is -2.14. The minimum absolute atomic E-state index is 0.129. The fraction of sp³-hybridized carbons (Fsp3) is 0.273. The minimum Gasteiger partial charge on any atom is -0.491 e. The highest BCUT2D eigenvalue weighted by Crippen LogP contribution is 2.26. The summed E-state index contributed by atoms with van der Waals surface area (Å²) in [6, 6.07) is 17.0. The number of hydroxylamine groups is 1. The maximum atomic E-state index is 10.9. The Morgan fingerprint density at radius 2 is 1.68 bits per heavy atom. The molecule has 1 N–H and O–H groups in total. The van der Waals surface area contributed by atoms with E-state index in [4.69, 9.17) is 14.3 Å². The third kappa shape index (κ3) is 5.20. The van der Waals surface area contributed by atoms with Crippen LogP contribution in [0.2, 0.25) is 0 Å². The molecule has 0 saturated heterocycles. The molecule has 6 nitrogen and oxygen atoms in total. The summed E-state index contributed by atoms with van der Waals surface area (Å²) in [5.41, 5.74) is 4.53. The van der Waals surface area contributed by atoms with Crippen LogP contribution in [-0.2, 0) is 9.63 Å². The minimum atomic E-state index is -0.375. The van der Waals surface area contributed by atoms with Gasteiger partial charge >= 0.3 is 5.97 Å². The smallest absolute Gasteiger partial charge is 0.321 e. The molecule has 28 heavy (non-hydrogen) atoms. The van der Waals surface area contributed by atoms with Gasteiger partial charge in [0.25, 0.3) is 0 Å². The van der Waals surface area contributed by atoms with Gasteiger partial charge in [0.05, 0.1) is 17.7 Å². The van der Waals surface area contributed by atoms with E-state index >= 15 is 0 Å². The van der Waals surface area contributed by atoms with Gasteiger partial charge in [0.15, 0.2) is 0 Å². The van der Waals surface area contributed by atoms with Crippen molar-refractivity contribution >= 4 is 16.9 Å². The Kier molecular flexibility index (Phi) is 6.11. The molecule has 0 saturated carbocycles. The first-order chi connectivity index (χ1) is 13.4. The van der Waals surface area contributed by atoms with Gasteiger partial charge in [0.2, 0.25) is 5.88 Å². The first-order valence-electron chi connectivity index (χ1n) is 9.19. The molecule has 0 aliphatic heterocycles. The zero-order valence-corrected chi connectivity index (χ0v) is 16.4. The first kappa shape index (κ1) is 19.6. The van der Waals surface area contributed by atoms with Crippen molar-refractivity contribution in [1.29, 1.82) is 0 Å². The van der Waals surface area contributed by atoms with Crippen molar-refractivity contribution in [3.63, 3.8) is 0 Å². The van der Waals surface area contributed by atoms with Crippen LogP contribution in [0, 0.1) is 0 Å². The Morgan fingerprint density at radius 3 is 2.36 bits per heavy atom. The van der Waals surface area contributed by atoms with Crippen LogP contribution in [-0.4, -0.2) is 17.1 Å². The average Bonchev–Trinajstić information content (AvgIpc) is 2.66. The van der Waals surface area contributed by atoms with Crippen LogP contribution < -0.4 is 15.0 Å². The molecule has 6 heteroatoms. The Hall–Kier alpha value is -3.12. The zero-order valence-electron chi connectivity index (χ0n) is 16.4. The van der Waals surface area contributed by atoms with Crippen molar-refractivity contribution in [2.24, 2.45) is 0 Å². The summed E-state index contributed by atoms with van der Waals surface area (Å²) in [5, 5.41) is 0.974. The Labute approximate surface area is 164 Å². The normalized spacial score (nSPS) is 12.0. The molecule has 0 bridgehead atoms. The van der Waals surface area contributed by atoms with Crippen LogP contribution in [0.15, 0.2) is 54.6 Å². The van der Waals surface area contributed by atoms with Crippen molar-refractivity contribution in [1.82, 2.24) is 10.5 Å². The highest BCUT2D eigenvalue weighted by atomic mass is 16.7. The second kappa shape index (κ2) is 8.71. The number of pyridine rings is 1. The molecule has 0 aliphatic rings. The third-order valence-electron chi connectivity index (χ3n) is 3.99. The van der Waals surface area contributed by atoms with Gasteiger partial charge in [0.1, 0.15) is 11.5 Å². The lowest BCUT2D eigenvalue weighted by Crippen LogP contribution is -2.21. The predicted molar refractivity (Wildman–Crippen MR) is 107 cm³/mol. The van der Waals surface area contributed by atoms with E-state index in [0.29, 0.717) is 11.6 Å².